The Labute approximate surface area is 85.5 Å². The Morgan fingerprint density at radius 2 is 1.86 bits per heavy atom. The second-order valence-electron chi connectivity index (χ2n) is 3.49. The van der Waals surface area contributed by atoms with E-state index < -0.39 is 0 Å². The molecule has 0 aromatic heterocycles. The fourth-order valence-electron chi connectivity index (χ4n) is 1.32. The number of hydrogen-bond acceptors (Lipinski definition) is 1. The highest BCUT2D eigenvalue weighted by molar-refractivity contribution is 5.97. The molecule has 1 rings (SSSR count). The molecule has 74 valence electrons. The first-order chi connectivity index (χ1) is 6.63. The van der Waals surface area contributed by atoms with Crippen LogP contribution in [0.3, 0.4) is 0 Å². The molecule has 0 radical (unpaired) electrons. The first-order valence-electron chi connectivity index (χ1n) is 4.91. The van der Waals surface area contributed by atoms with Crippen molar-refractivity contribution in [2.75, 3.05) is 0 Å². The van der Waals surface area contributed by atoms with Crippen LogP contribution < -0.4 is 0 Å². The summed E-state index contributed by atoms with van der Waals surface area (Å²) < 4.78 is 0. The smallest absolute Gasteiger partial charge is 0.155 e. The molecule has 0 saturated heterocycles. The Bertz CT molecular complexity index is 344. The van der Waals surface area contributed by atoms with Gasteiger partial charge in [-0.1, -0.05) is 36.8 Å². The second-order valence-corrected chi connectivity index (χ2v) is 3.49. The molecule has 0 aliphatic carbocycles. The van der Waals surface area contributed by atoms with Crippen LogP contribution in [-0.2, 0) is 4.79 Å². The predicted molar refractivity (Wildman–Crippen MR) is 60.1 cm³/mol. The molecule has 1 aromatic carbocycles. The Balaban J connectivity index is 2.95. The summed E-state index contributed by atoms with van der Waals surface area (Å²) in [4.78, 5) is 11.2. The molecule has 0 unspecified atom stereocenters. The SMILES string of the molecule is CCC(=Cc1ccc(C)cc1)C(C)=O. The van der Waals surface area contributed by atoms with Crippen LogP contribution in [-0.4, -0.2) is 5.78 Å². The molecule has 0 heterocycles. The molecule has 0 saturated carbocycles. The van der Waals surface area contributed by atoms with Gasteiger partial charge in [0.15, 0.2) is 5.78 Å². The van der Waals surface area contributed by atoms with Gasteiger partial charge in [0.2, 0.25) is 0 Å². The maximum Gasteiger partial charge on any atom is 0.155 e. The molecule has 1 heteroatoms. The fourth-order valence-corrected chi connectivity index (χ4v) is 1.32. The zero-order chi connectivity index (χ0) is 10.6. The van der Waals surface area contributed by atoms with Crippen LogP contribution in [0.1, 0.15) is 31.4 Å². The maximum atomic E-state index is 11.2. The van der Waals surface area contributed by atoms with Crippen LogP contribution in [0.25, 0.3) is 6.08 Å². The van der Waals surface area contributed by atoms with Gasteiger partial charge in [-0.15, -0.1) is 0 Å². The summed E-state index contributed by atoms with van der Waals surface area (Å²) in [5.41, 5.74) is 3.22. The normalized spacial score (nSPS) is 11.5. The third-order valence-electron chi connectivity index (χ3n) is 2.25. The summed E-state index contributed by atoms with van der Waals surface area (Å²) in [5, 5.41) is 0. The van der Waals surface area contributed by atoms with Crippen molar-refractivity contribution in [2.24, 2.45) is 0 Å². The summed E-state index contributed by atoms with van der Waals surface area (Å²) in [7, 11) is 0. The molecule has 0 aliphatic rings. The van der Waals surface area contributed by atoms with E-state index in [0.717, 1.165) is 17.6 Å². The number of benzene rings is 1. The van der Waals surface area contributed by atoms with Gasteiger partial charge in [0.1, 0.15) is 0 Å². The van der Waals surface area contributed by atoms with Crippen molar-refractivity contribution in [1.29, 1.82) is 0 Å². The molecule has 0 amide bonds. The van der Waals surface area contributed by atoms with Gasteiger partial charge in [-0.2, -0.15) is 0 Å². The molecule has 1 nitrogen and oxygen atoms in total. The number of carbonyl (C=O) groups excluding carboxylic acids is 1. The molecule has 0 atom stereocenters. The zero-order valence-corrected chi connectivity index (χ0v) is 9.00. The number of hydrogen-bond donors (Lipinski definition) is 0. The van der Waals surface area contributed by atoms with E-state index in [1.54, 1.807) is 6.92 Å². The Kier molecular flexibility index (Phi) is 3.63. The van der Waals surface area contributed by atoms with Crippen molar-refractivity contribution in [3.63, 3.8) is 0 Å². The Morgan fingerprint density at radius 1 is 1.29 bits per heavy atom. The third-order valence-corrected chi connectivity index (χ3v) is 2.25. The molecule has 0 fully saturated rings. The standard InChI is InChI=1S/C13H16O/c1-4-13(11(3)14)9-12-7-5-10(2)6-8-12/h5-9H,4H2,1-3H3. The highest BCUT2D eigenvalue weighted by Gasteiger charge is 2.00. The maximum absolute atomic E-state index is 11.2. The van der Waals surface area contributed by atoms with Gasteiger partial charge >= 0.3 is 0 Å². The third kappa shape index (κ3) is 2.84. The van der Waals surface area contributed by atoms with Crippen molar-refractivity contribution in [3.05, 3.63) is 41.0 Å². The molecule has 0 aliphatic heterocycles. The number of ketones is 1. The van der Waals surface area contributed by atoms with Crippen molar-refractivity contribution in [1.82, 2.24) is 0 Å². The van der Waals surface area contributed by atoms with E-state index in [-0.39, 0.29) is 5.78 Å². The summed E-state index contributed by atoms with van der Waals surface area (Å²) in [6, 6.07) is 8.18. The van der Waals surface area contributed by atoms with E-state index in [2.05, 4.69) is 19.1 Å². The van der Waals surface area contributed by atoms with Crippen molar-refractivity contribution in [2.45, 2.75) is 27.2 Å². The number of aryl methyl sites for hydroxylation is 1. The highest BCUT2D eigenvalue weighted by atomic mass is 16.1. The summed E-state index contributed by atoms with van der Waals surface area (Å²) in [5.74, 6) is 0.160. The van der Waals surface area contributed by atoms with E-state index in [4.69, 9.17) is 0 Å². The summed E-state index contributed by atoms with van der Waals surface area (Å²) in [6.07, 6.45) is 2.75. The molecule has 1 aromatic rings. The minimum Gasteiger partial charge on any atom is -0.295 e. The highest BCUT2D eigenvalue weighted by Crippen LogP contribution is 2.11. The zero-order valence-electron chi connectivity index (χ0n) is 9.00. The molecular weight excluding hydrogens is 172 g/mol. The summed E-state index contributed by atoms with van der Waals surface area (Å²) >= 11 is 0. The lowest BCUT2D eigenvalue weighted by Gasteiger charge is -2.00. The van der Waals surface area contributed by atoms with Gasteiger partial charge in [-0.3, -0.25) is 4.79 Å². The summed E-state index contributed by atoms with van der Waals surface area (Å²) in [6.45, 7) is 5.67. The van der Waals surface area contributed by atoms with Gasteiger partial charge in [-0.25, -0.2) is 0 Å². The molecular formula is C13H16O. The molecule has 0 spiro atoms. The minimum atomic E-state index is 0.160. The van der Waals surface area contributed by atoms with E-state index in [1.165, 1.54) is 5.56 Å². The quantitative estimate of drug-likeness (QED) is 0.664. The second kappa shape index (κ2) is 4.75. The van der Waals surface area contributed by atoms with Crippen LogP contribution in [0.2, 0.25) is 0 Å². The largest absolute Gasteiger partial charge is 0.295 e. The van der Waals surface area contributed by atoms with Gasteiger partial charge in [0.25, 0.3) is 0 Å². The van der Waals surface area contributed by atoms with Crippen LogP contribution in [0.15, 0.2) is 29.8 Å². The Hall–Kier alpha value is -1.37. The lowest BCUT2D eigenvalue weighted by atomic mass is 10.0. The average molecular weight is 188 g/mol. The van der Waals surface area contributed by atoms with Crippen molar-refractivity contribution in [3.8, 4) is 0 Å². The van der Waals surface area contributed by atoms with E-state index in [9.17, 15) is 4.79 Å². The van der Waals surface area contributed by atoms with Gasteiger partial charge in [0.05, 0.1) is 0 Å². The minimum absolute atomic E-state index is 0.160. The van der Waals surface area contributed by atoms with Crippen LogP contribution in [0.5, 0.6) is 0 Å². The van der Waals surface area contributed by atoms with Crippen molar-refractivity contribution < 1.29 is 4.79 Å². The van der Waals surface area contributed by atoms with Crippen LogP contribution in [0, 0.1) is 6.92 Å². The monoisotopic (exact) mass is 188 g/mol. The molecule has 14 heavy (non-hydrogen) atoms. The van der Waals surface area contributed by atoms with Crippen LogP contribution in [0.4, 0.5) is 0 Å². The van der Waals surface area contributed by atoms with Gasteiger partial charge in [0, 0.05) is 0 Å². The predicted octanol–water partition coefficient (Wildman–Crippen LogP) is 3.38. The number of rotatable bonds is 3. The average Bonchev–Trinajstić information content (AvgIpc) is 2.16. The van der Waals surface area contributed by atoms with E-state index >= 15 is 0 Å². The Morgan fingerprint density at radius 3 is 2.29 bits per heavy atom. The number of allylic oxidation sites excluding steroid dienone is 1. The number of carbonyl (C=O) groups is 1. The van der Waals surface area contributed by atoms with E-state index in [1.807, 2.05) is 25.1 Å². The lowest BCUT2D eigenvalue weighted by Crippen LogP contribution is -1.94. The van der Waals surface area contributed by atoms with Crippen molar-refractivity contribution >= 4 is 11.9 Å². The van der Waals surface area contributed by atoms with Gasteiger partial charge < -0.3 is 0 Å². The first-order valence-corrected chi connectivity index (χ1v) is 4.91. The molecule has 0 bridgehead atoms. The fraction of sp³-hybridized carbons (Fsp3) is 0.308. The lowest BCUT2D eigenvalue weighted by molar-refractivity contribution is -0.113. The van der Waals surface area contributed by atoms with Gasteiger partial charge in [-0.05, 0) is 37.5 Å². The van der Waals surface area contributed by atoms with E-state index in [0.29, 0.717) is 0 Å². The number of Topliss-reactive ketones (excluding diaryl/α,β-unsaturated/α-hetero) is 1. The first kappa shape index (κ1) is 10.7. The molecule has 0 N–H and O–H groups in total. The topological polar surface area (TPSA) is 17.1 Å². The van der Waals surface area contributed by atoms with Crippen LogP contribution >= 0.6 is 0 Å².